The minimum Gasteiger partial charge on any atom is -0.481 e. The Labute approximate surface area is 341 Å². The summed E-state index contributed by atoms with van der Waals surface area (Å²) in [6, 6.07) is -1.47. The smallest absolute Gasteiger partial charge is 0.303 e. The molecule has 0 bridgehead atoms. The third kappa shape index (κ3) is 14.6. The molecule has 0 saturated carbocycles. The average molecular weight is 879 g/mol. The van der Waals surface area contributed by atoms with Gasteiger partial charge >= 0.3 is 5.97 Å². The van der Waals surface area contributed by atoms with Crippen LogP contribution in [-0.2, 0) is 47.6 Å². The fraction of sp³-hybridized carbons (Fsp3) is 0.879. The minimum absolute atomic E-state index is 0.273. The van der Waals surface area contributed by atoms with Gasteiger partial charge in [-0.25, -0.2) is 0 Å². The van der Waals surface area contributed by atoms with Gasteiger partial charge in [-0.3, -0.25) is 24.1 Å². The Hall–Kier alpha value is -2.88. The Morgan fingerprint density at radius 1 is 0.517 bits per heavy atom. The number of rotatable bonds is 24. The van der Waals surface area contributed by atoms with E-state index in [1.807, 2.05) is 0 Å². The summed E-state index contributed by atoms with van der Waals surface area (Å²) in [7, 11) is 0. The summed E-state index contributed by atoms with van der Waals surface area (Å²) in [5, 5.41) is 135. The van der Waals surface area contributed by atoms with Crippen LogP contribution in [-0.4, -0.2) is 266 Å². The van der Waals surface area contributed by atoms with Gasteiger partial charge in [0.15, 0.2) is 18.9 Å². The molecular formula is C33H58N4O23. The van der Waals surface area contributed by atoms with Gasteiger partial charge in [0.05, 0.1) is 58.8 Å². The van der Waals surface area contributed by atoms with Crippen LogP contribution in [0.5, 0.6) is 0 Å². The van der Waals surface area contributed by atoms with E-state index in [4.69, 9.17) is 28.4 Å². The van der Waals surface area contributed by atoms with Crippen LogP contribution in [0.1, 0.15) is 12.8 Å². The van der Waals surface area contributed by atoms with Gasteiger partial charge in [0, 0.05) is 26.1 Å². The number of aliphatic carboxylic acids is 1. The Morgan fingerprint density at radius 3 is 1.17 bits per heavy atom. The van der Waals surface area contributed by atoms with Crippen LogP contribution >= 0.6 is 0 Å². The van der Waals surface area contributed by atoms with E-state index in [9.17, 15) is 85.6 Å². The normalized spacial score (nSPS) is 35.1. The highest BCUT2D eigenvalue weighted by molar-refractivity contribution is 5.86. The van der Waals surface area contributed by atoms with E-state index in [2.05, 4.69) is 16.0 Å². The molecule has 3 rings (SSSR count). The first-order valence-electron chi connectivity index (χ1n) is 19.0. The van der Waals surface area contributed by atoms with Gasteiger partial charge in [-0.2, -0.15) is 0 Å². The van der Waals surface area contributed by atoms with E-state index in [-0.39, 0.29) is 39.5 Å². The third-order valence-corrected chi connectivity index (χ3v) is 9.71. The van der Waals surface area contributed by atoms with Crippen molar-refractivity contribution < 1.29 is 114 Å². The van der Waals surface area contributed by atoms with Crippen molar-refractivity contribution in [2.75, 3.05) is 72.4 Å². The second kappa shape index (κ2) is 25.3. The molecule has 16 atom stereocenters. The van der Waals surface area contributed by atoms with Crippen LogP contribution in [0.4, 0.5) is 0 Å². The van der Waals surface area contributed by atoms with E-state index in [1.165, 1.54) is 0 Å². The van der Waals surface area contributed by atoms with Gasteiger partial charge in [-0.05, 0) is 6.42 Å². The number of nitrogens with one attached hydrogen (secondary N) is 3. The van der Waals surface area contributed by atoms with Gasteiger partial charge < -0.3 is 111 Å². The number of carboxylic acid groups (broad SMARTS) is 1. The number of hydrogen-bond donors (Lipinski definition) is 16. The monoisotopic (exact) mass is 878 g/mol. The number of amides is 3. The van der Waals surface area contributed by atoms with Crippen molar-refractivity contribution in [3.8, 4) is 0 Å². The van der Waals surface area contributed by atoms with Crippen molar-refractivity contribution in [1.29, 1.82) is 0 Å². The topological polar surface area (TPSA) is 426 Å². The first-order valence-corrected chi connectivity index (χ1v) is 19.0. The number of hydrogen-bond acceptors (Lipinski definition) is 23. The zero-order chi connectivity index (χ0) is 44.7. The van der Waals surface area contributed by atoms with Crippen molar-refractivity contribution in [3.63, 3.8) is 0 Å². The Balaban J connectivity index is 1.65. The van der Waals surface area contributed by atoms with Gasteiger partial charge in [0.2, 0.25) is 17.7 Å². The number of aliphatic hydroxyl groups excluding tert-OH is 12. The van der Waals surface area contributed by atoms with Crippen molar-refractivity contribution in [1.82, 2.24) is 20.9 Å². The molecule has 1 unspecified atom stereocenters. The summed E-state index contributed by atoms with van der Waals surface area (Å²) in [5.41, 5.74) is 0. The largest absolute Gasteiger partial charge is 0.481 e. The predicted octanol–water partition coefficient (Wildman–Crippen LogP) is -10.7. The quantitative estimate of drug-likeness (QED) is 0.0400. The van der Waals surface area contributed by atoms with Crippen molar-refractivity contribution in [3.05, 3.63) is 0 Å². The molecular weight excluding hydrogens is 820 g/mol. The fourth-order valence-corrected chi connectivity index (χ4v) is 6.31. The second-order valence-corrected chi connectivity index (χ2v) is 14.0. The highest BCUT2D eigenvalue weighted by atomic mass is 16.7. The maximum Gasteiger partial charge on any atom is 0.303 e. The summed E-state index contributed by atoms with van der Waals surface area (Å²) in [6.07, 6.45) is -24.6. The molecule has 60 heavy (non-hydrogen) atoms. The minimum atomic E-state index is -1.74. The van der Waals surface area contributed by atoms with Crippen molar-refractivity contribution in [2.45, 2.75) is 111 Å². The zero-order valence-electron chi connectivity index (χ0n) is 32.3. The molecule has 0 spiro atoms. The van der Waals surface area contributed by atoms with E-state index in [0.29, 0.717) is 0 Å². The molecule has 27 nitrogen and oxygen atoms in total. The summed E-state index contributed by atoms with van der Waals surface area (Å²) in [6.45, 7) is -5.49. The predicted molar refractivity (Wildman–Crippen MR) is 190 cm³/mol. The van der Waals surface area contributed by atoms with Crippen molar-refractivity contribution in [2.24, 2.45) is 0 Å². The Bertz CT molecular complexity index is 1280. The number of ether oxygens (including phenoxy) is 6. The molecule has 3 aliphatic heterocycles. The van der Waals surface area contributed by atoms with Crippen molar-refractivity contribution >= 4 is 23.7 Å². The summed E-state index contributed by atoms with van der Waals surface area (Å²) in [4.78, 5) is 52.4. The molecule has 348 valence electrons. The molecule has 3 saturated heterocycles. The molecule has 16 N–H and O–H groups in total. The van der Waals surface area contributed by atoms with Crippen LogP contribution in [0, 0.1) is 0 Å². The van der Waals surface area contributed by atoms with Crippen LogP contribution in [0.25, 0.3) is 0 Å². The highest BCUT2D eigenvalue weighted by Crippen LogP contribution is 2.24. The van der Waals surface area contributed by atoms with E-state index in [1.54, 1.807) is 0 Å². The molecule has 27 heteroatoms. The summed E-state index contributed by atoms with van der Waals surface area (Å²) < 4.78 is 31.8. The van der Waals surface area contributed by atoms with Gasteiger partial charge in [0.25, 0.3) is 0 Å². The second-order valence-electron chi connectivity index (χ2n) is 14.0. The molecule has 3 amide bonds. The first kappa shape index (κ1) is 51.5. The standard InChI is InChI=1S/C33H58N4O23/c38-11-15-21(45)24(48)27(51)31(58-15)55-6-3-34-18(41)9-37(10-19(42)35-4-7-56-32-28(52)25(49)22(46)16(12-39)59-32)14(1-2-20(43)44)30(54)36-5-8-57-33-29(53)26(50)23(47)17(13-40)60-33/h14-17,21-29,31-33,38-40,45-53H,1-13H2,(H,34,41)(H,35,42)(H,36,54)(H,43,44)/t14?,15-,16-,17-,21-,22-,23-,24+,25+,26+,27-,28-,29-,31-,32-,33-/m1/s1. The number of carbonyl (C=O) groups excluding carboxylic acids is 3. The van der Waals surface area contributed by atoms with E-state index in [0.717, 1.165) is 4.90 Å². The van der Waals surface area contributed by atoms with Crippen LogP contribution < -0.4 is 16.0 Å². The summed E-state index contributed by atoms with van der Waals surface area (Å²) >= 11 is 0. The third-order valence-electron chi connectivity index (χ3n) is 9.71. The van der Waals surface area contributed by atoms with Crippen LogP contribution in [0.15, 0.2) is 0 Å². The first-order chi connectivity index (χ1) is 28.4. The lowest BCUT2D eigenvalue weighted by molar-refractivity contribution is -0.300. The molecule has 0 radical (unpaired) electrons. The maximum atomic E-state index is 13.5. The number of carboxylic acids is 1. The van der Waals surface area contributed by atoms with E-state index < -0.39 is 168 Å². The fourth-order valence-electron chi connectivity index (χ4n) is 6.31. The molecule has 3 heterocycles. The molecule has 0 aromatic rings. The lowest BCUT2D eigenvalue weighted by atomic mass is 9.99. The molecule has 0 aliphatic carbocycles. The zero-order valence-corrected chi connectivity index (χ0v) is 32.3. The van der Waals surface area contributed by atoms with Crippen LogP contribution in [0.3, 0.4) is 0 Å². The van der Waals surface area contributed by atoms with Gasteiger partial charge in [-0.15, -0.1) is 0 Å². The molecule has 3 fully saturated rings. The lowest BCUT2D eigenvalue weighted by Gasteiger charge is -2.39. The highest BCUT2D eigenvalue weighted by Gasteiger charge is 2.46. The summed E-state index contributed by atoms with van der Waals surface area (Å²) in [5.74, 6) is -3.84. The maximum absolute atomic E-state index is 13.5. The molecule has 0 aromatic heterocycles. The Kier molecular flexibility index (Phi) is 21.7. The van der Waals surface area contributed by atoms with Crippen LogP contribution in [0.2, 0.25) is 0 Å². The molecule has 0 aromatic carbocycles. The molecule has 3 aliphatic rings. The Morgan fingerprint density at radius 2 is 0.850 bits per heavy atom. The van der Waals surface area contributed by atoms with Gasteiger partial charge in [0.1, 0.15) is 73.2 Å². The number of nitrogens with zero attached hydrogens (tertiary/aromatic N) is 1. The SMILES string of the molecule is O=C(O)CCC(C(=O)NCCO[C@@H]1O[C@H](CO)[C@@H](O)[C@H](O)[C@H]1O)N(CC(=O)NCCO[C@@H]1O[C@H](CO)[C@@H](O)[C@H](O)[C@H]1O)CC(=O)NCCO[C@@H]1O[C@H](CO)[C@@H](O)[C@H](O)[C@H]1O. The number of carbonyl (C=O) groups is 4. The van der Waals surface area contributed by atoms with E-state index >= 15 is 0 Å². The lowest BCUT2D eigenvalue weighted by Crippen LogP contribution is -2.59. The average Bonchev–Trinajstić information content (AvgIpc) is 3.22. The van der Waals surface area contributed by atoms with Gasteiger partial charge in [-0.1, -0.05) is 0 Å². The number of aliphatic hydroxyl groups is 12.